The summed E-state index contributed by atoms with van der Waals surface area (Å²) in [7, 11) is 0. The minimum absolute atomic E-state index is 0.445. The number of nitrogens with zero attached hydrogens (tertiary/aromatic N) is 2. The van der Waals surface area contributed by atoms with Gasteiger partial charge in [0, 0.05) is 0 Å². The summed E-state index contributed by atoms with van der Waals surface area (Å²) in [5, 5.41) is 4.04. The molecule has 5 nitrogen and oxygen atoms in total. The molecule has 0 aliphatic carbocycles. The van der Waals surface area contributed by atoms with Crippen LogP contribution in [-0.2, 0) is 5.54 Å². The van der Waals surface area contributed by atoms with Crippen LogP contribution >= 0.6 is 0 Å². The first-order valence-electron chi connectivity index (χ1n) is 6.99. The molecule has 20 heavy (non-hydrogen) atoms. The van der Waals surface area contributed by atoms with Crippen molar-refractivity contribution in [1.29, 1.82) is 0 Å². The molecule has 0 aliphatic rings. The molecule has 108 valence electrons. The number of ether oxygens (including phenoxy) is 1. The zero-order chi connectivity index (χ0) is 14.6. The van der Waals surface area contributed by atoms with E-state index in [4.69, 9.17) is 15.0 Å². The highest BCUT2D eigenvalue weighted by Gasteiger charge is 2.29. The first kappa shape index (κ1) is 14.5. The Kier molecular flexibility index (Phi) is 4.39. The average Bonchev–Trinajstić information content (AvgIpc) is 2.97. The van der Waals surface area contributed by atoms with Crippen LogP contribution in [0.25, 0.3) is 11.5 Å². The minimum atomic E-state index is -0.539. The SMILES string of the molecule is CCOc1ccccc1-c1nc(C(N)(CC)CC)no1. The molecule has 0 saturated heterocycles. The van der Waals surface area contributed by atoms with Crippen molar-refractivity contribution in [3.05, 3.63) is 30.1 Å². The fourth-order valence-corrected chi connectivity index (χ4v) is 2.03. The second kappa shape index (κ2) is 6.05. The lowest BCUT2D eigenvalue weighted by molar-refractivity contribution is 0.336. The van der Waals surface area contributed by atoms with Gasteiger partial charge in [-0.3, -0.25) is 0 Å². The van der Waals surface area contributed by atoms with Crippen LogP contribution in [0, 0.1) is 0 Å². The van der Waals surface area contributed by atoms with Gasteiger partial charge < -0.3 is 15.0 Å². The molecular weight excluding hydrogens is 254 g/mol. The normalized spacial score (nSPS) is 11.6. The molecule has 0 fully saturated rings. The summed E-state index contributed by atoms with van der Waals surface area (Å²) < 4.78 is 10.9. The monoisotopic (exact) mass is 275 g/mol. The molecule has 2 N–H and O–H groups in total. The topological polar surface area (TPSA) is 74.2 Å². The van der Waals surface area contributed by atoms with Crippen LogP contribution in [0.5, 0.6) is 5.75 Å². The summed E-state index contributed by atoms with van der Waals surface area (Å²) in [5.74, 6) is 1.73. The number of aromatic nitrogens is 2. The lowest BCUT2D eigenvalue weighted by Crippen LogP contribution is -2.36. The molecule has 0 amide bonds. The molecule has 1 aromatic heterocycles. The van der Waals surface area contributed by atoms with Gasteiger partial charge in [-0.1, -0.05) is 31.1 Å². The molecule has 0 radical (unpaired) electrons. The standard InChI is InChI=1S/C15H21N3O2/c1-4-15(16,5-2)14-17-13(20-18-14)11-9-7-8-10-12(11)19-6-3/h7-10H,4-6,16H2,1-3H3. The summed E-state index contributed by atoms with van der Waals surface area (Å²) in [6.45, 7) is 6.57. The fourth-order valence-electron chi connectivity index (χ4n) is 2.03. The Morgan fingerprint density at radius 2 is 1.90 bits per heavy atom. The van der Waals surface area contributed by atoms with Crippen molar-refractivity contribution >= 4 is 0 Å². The Hall–Kier alpha value is -1.88. The van der Waals surface area contributed by atoms with Crippen molar-refractivity contribution in [1.82, 2.24) is 10.1 Å². The van der Waals surface area contributed by atoms with Gasteiger partial charge >= 0.3 is 0 Å². The van der Waals surface area contributed by atoms with Crippen molar-refractivity contribution in [2.24, 2.45) is 5.73 Å². The van der Waals surface area contributed by atoms with Gasteiger partial charge in [-0.25, -0.2) is 0 Å². The average molecular weight is 275 g/mol. The van der Waals surface area contributed by atoms with Crippen LogP contribution in [0.4, 0.5) is 0 Å². The lowest BCUT2D eigenvalue weighted by Gasteiger charge is -2.21. The smallest absolute Gasteiger partial charge is 0.261 e. The van der Waals surface area contributed by atoms with E-state index in [1.54, 1.807) is 0 Å². The molecular formula is C15H21N3O2. The van der Waals surface area contributed by atoms with Gasteiger partial charge in [0.15, 0.2) is 5.82 Å². The van der Waals surface area contributed by atoms with Gasteiger partial charge in [0.25, 0.3) is 5.89 Å². The van der Waals surface area contributed by atoms with Crippen LogP contribution in [0.1, 0.15) is 39.4 Å². The zero-order valence-electron chi connectivity index (χ0n) is 12.2. The Morgan fingerprint density at radius 1 is 1.20 bits per heavy atom. The highest BCUT2D eigenvalue weighted by Crippen LogP contribution is 2.31. The number of rotatable bonds is 6. The third-order valence-electron chi connectivity index (χ3n) is 3.55. The van der Waals surface area contributed by atoms with Crippen molar-refractivity contribution in [3.63, 3.8) is 0 Å². The highest BCUT2D eigenvalue weighted by molar-refractivity contribution is 5.62. The molecule has 1 aromatic carbocycles. The van der Waals surface area contributed by atoms with Crippen molar-refractivity contribution in [3.8, 4) is 17.2 Å². The molecule has 2 rings (SSSR count). The summed E-state index contributed by atoms with van der Waals surface area (Å²) in [6.07, 6.45) is 1.52. The van der Waals surface area contributed by atoms with E-state index in [9.17, 15) is 0 Å². The Bertz CT molecular complexity index is 562. The van der Waals surface area contributed by atoms with Crippen LogP contribution in [-0.4, -0.2) is 16.7 Å². The second-order valence-electron chi connectivity index (χ2n) is 4.72. The molecule has 1 heterocycles. The number of benzene rings is 1. The molecule has 0 aliphatic heterocycles. The minimum Gasteiger partial charge on any atom is -0.493 e. The van der Waals surface area contributed by atoms with Crippen LogP contribution < -0.4 is 10.5 Å². The van der Waals surface area contributed by atoms with Gasteiger partial charge in [0.2, 0.25) is 0 Å². The van der Waals surface area contributed by atoms with Crippen molar-refractivity contribution < 1.29 is 9.26 Å². The predicted octanol–water partition coefficient (Wildman–Crippen LogP) is 3.11. The maximum absolute atomic E-state index is 6.29. The lowest BCUT2D eigenvalue weighted by atomic mass is 9.93. The van der Waals surface area contributed by atoms with E-state index in [0.717, 1.165) is 24.2 Å². The third kappa shape index (κ3) is 2.67. The van der Waals surface area contributed by atoms with E-state index < -0.39 is 5.54 Å². The van der Waals surface area contributed by atoms with Gasteiger partial charge in [-0.05, 0) is 31.9 Å². The van der Waals surface area contributed by atoms with Crippen molar-refractivity contribution in [2.75, 3.05) is 6.61 Å². The molecule has 0 saturated carbocycles. The van der Waals surface area contributed by atoms with Crippen LogP contribution in [0.2, 0.25) is 0 Å². The van der Waals surface area contributed by atoms with E-state index in [1.165, 1.54) is 0 Å². The van der Waals surface area contributed by atoms with Gasteiger partial charge in [-0.2, -0.15) is 4.98 Å². The maximum Gasteiger partial charge on any atom is 0.261 e. The Morgan fingerprint density at radius 3 is 2.55 bits per heavy atom. The predicted molar refractivity (Wildman–Crippen MR) is 77.4 cm³/mol. The number of hydrogen-bond acceptors (Lipinski definition) is 5. The zero-order valence-corrected chi connectivity index (χ0v) is 12.2. The summed E-state index contributed by atoms with van der Waals surface area (Å²) in [5.41, 5.74) is 6.54. The fraction of sp³-hybridized carbons (Fsp3) is 0.467. The first-order valence-corrected chi connectivity index (χ1v) is 6.99. The Balaban J connectivity index is 2.38. The van der Waals surface area contributed by atoms with E-state index >= 15 is 0 Å². The van der Waals surface area contributed by atoms with Crippen LogP contribution in [0.3, 0.4) is 0 Å². The quantitative estimate of drug-likeness (QED) is 0.876. The molecule has 0 atom stereocenters. The van der Waals surface area contributed by atoms with E-state index in [-0.39, 0.29) is 0 Å². The maximum atomic E-state index is 6.29. The van der Waals surface area contributed by atoms with Crippen LogP contribution in [0.15, 0.2) is 28.8 Å². The number of hydrogen-bond donors (Lipinski definition) is 1. The molecule has 0 bridgehead atoms. The molecule has 5 heteroatoms. The van der Waals surface area contributed by atoms with Gasteiger partial charge in [0.05, 0.1) is 17.7 Å². The summed E-state index contributed by atoms with van der Waals surface area (Å²) >= 11 is 0. The molecule has 0 spiro atoms. The second-order valence-corrected chi connectivity index (χ2v) is 4.72. The molecule has 2 aromatic rings. The van der Waals surface area contributed by atoms with Crippen molar-refractivity contribution in [2.45, 2.75) is 39.2 Å². The summed E-state index contributed by atoms with van der Waals surface area (Å²) in [6, 6.07) is 7.62. The van der Waals surface area contributed by atoms with E-state index in [1.807, 2.05) is 45.0 Å². The van der Waals surface area contributed by atoms with Gasteiger partial charge in [-0.15, -0.1) is 0 Å². The largest absolute Gasteiger partial charge is 0.493 e. The number of para-hydroxylation sites is 1. The number of nitrogens with two attached hydrogens (primary N) is 1. The molecule has 0 unspecified atom stereocenters. The van der Waals surface area contributed by atoms with E-state index in [0.29, 0.717) is 18.3 Å². The Labute approximate surface area is 119 Å². The highest BCUT2D eigenvalue weighted by atomic mass is 16.5. The van der Waals surface area contributed by atoms with Gasteiger partial charge in [0.1, 0.15) is 5.75 Å². The third-order valence-corrected chi connectivity index (χ3v) is 3.55. The first-order chi connectivity index (χ1) is 9.64. The summed E-state index contributed by atoms with van der Waals surface area (Å²) in [4.78, 5) is 4.45. The van der Waals surface area contributed by atoms with E-state index in [2.05, 4.69) is 10.1 Å².